The average molecular weight is 220 g/mol. The van der Waals surface area contributed by atoms with Gasteiger partial charge in [-0.3, -0.25) is 0 Å². The average Bonchev–Trinajstić information content (AvgIpc) is 2.25. The number of rotatable bonds is 2. The fraction of sp³-hybridized carbons (Fsp3) is 0.0909. The van der Waals surface area contributed by atoms with E-state index in [4.69, 9.17) is 11.6 Å². The maximum Gasteiger partial charge on any atom is 0.133 e. The molecule has 4 heteroatoms. The van der Waals surface area contributed by atoms with Gasteiger partial charge in [0.1, 0.15) is 12.1 Å². The van der Waals surface area contributed by atoms with Crippen molar-refractivity contribution in [3.05, 3.63) is 47.4 Å². The van der Waals surface area contributed by atoms with Crippen molar-refractivity contribution >= 4 is 23.1 Å². The molecule has 76 valence electrons. The van der Waals surface area contributed by atoms with E-state index in [1.807, 2.05) is 25.1 Å². The summed E-state index contributed by atoms with van der Waals surface area (Å²) >= 11 is 6.07. The lowest BCUT2D eigenvalue weighted by Crippen LogP contribution is -1.96. The summed E-state index contributed by atoms with van der Waals surface area (Å²) in [5.74, 6) is 0.737. The topological polar surface area (TPSA) is 37.8 Å². The zero-order valence-corrected chi connectivity index (χ0v) is 8.99. The Labute approximate surface area is 93.1 Å². The van der Waals surface area contributed by atoms with Crippen LogP contribution in [0.4, 0.5) is 11.5 Å². The quantitative estimate of drug-likeness (QED) is 0.843. The van der Waals surface area contributed by atoms with Gasteiger partial charge in [0, 0.05) is 6.20 Å². The van der Waals surface area contributed by atoms with Gasteiger partial charge >= 0.3 is 0 Å². The Morgan fingerprint density at radius 1 is 1.27 bits per heavy atom. The van der Waals surface area contributed by atoms with E-state index < -0.39 is 0 Å². The van der Waals surface area contributed by atoms with Gasteiger partial charge in [-0.05, 0) is 24.6 Å². The number of hydrogen-bond donors (Lipinski definition) is 1. The van der Waals surface area contributed by atoms with Crippen LogP contribution in [0.2, 0.25) is 5.02 Å². The summed E-state index contributed by atoms with van der Waals surface area (Å²) in [6, 6.07) is 7.55. The first-order valence-corrected chi connectivity index (χ1v) is 4.93. The fourth-order valence-electron chi connectivity index (χ4n) is 1.28. The molecule has 0 aliphatic carbocycles. The Bertz CT molecular complexity index is 436. The van der Waals surface area contributed by atoms with Gasteiger partial charge in [-0.1, -0.05) is 23.7 Å². The molecule has 0 aliphatic heterocycles. The highest BCUT2D eigenvalue weighted by atomic mass is 35.5. The Balaban J connectivity index is 2.32. The lowest BCUT2D eigenvalue weighted by atomic mass is 10.2. The monoisotopic (exact) mass is 219 g/mol. The zero-order valence-electron chi connectivity index (χ0n) is 8.24. The number of benzene rings is 1. The van der Waals surface area contributed by atoms with E-state index in [0.29, 0.717) is 5.02 Å². The van der Waals surface area contributed by atoms with E-state index in [0.717, 1.165) is 17.1 Å². The van der Waals surface area contributed by atoms with Gasteiger partial charge in [0.15, 0.2) is 0 Å². The number of anilines is 2. The minimum atomic E-state index is 0.689. The molecule has 1 heterocycles. The van der Waals surface area contributed by atoms with Crippen LogP contribution in [0.5, 0.6) is 0 Å². The third-order valence-corrected chi connectivity index (χ3v) is 2.37. The van der Waals surface area contributed by atoms with Crippen LogP contribution >= 0.6 is 11.6 Å². The standard InChI is InChI=1S/C11H10ClN3/c1-8-3-2-4-9(12)11(8)15-10-5-6-13-7-14-10/h2-7H,1H3,(H,13,14,15). The molecule has 2 rings (SSSR count). The summed E-state index contributed by atoms with van der Waals surface area (Å²) in [5.41, 5.74) is 1.97. The second-order valence-corrected chi connectivity index (χ2v) is 3.56. The molecule has 1 N–H and O–H groups in total. The second-order valence-electron chi connectivity index (χ2n) is 3.15. The van der Waals surface area contributed by atoms with Crippen LogP contribution < -0.4 is 5.32 Å². The van der Waals surface area contributed by atoms with Crippen LogP contribution in [0.15, 0.2) is 36.8 Å². The smallest absolute Gasteiger partial charge is 0.133 e. The molecular formula is C11H10ClN3. The third-order valence-electron chi connectivity index (χ3n) is 2.06. The summed E-state index contributed by atoms with van der Waals surface area (Å²) < 4.78 is 0. The summed E-state index contributed by atoms with van der Waals surface area (Å²) in [7, 11) is 0. The SMILES string of the molecule is Cc1cccc(Cl)c1Nc1ccncn1. The van der Waals surface area contributed by atoms with E-state index in [-0.39, 0.29) is 0 Å². The van der Waals surface area contributed by atoms with Crippen LogP contribution in [-0.4, -0.2) is 9.97 Å². The molecule has 0 saturated carbocycles. The second kappa shape index (κ2) is 4.28. The van der Waals surface area contributed by atoms with Crippen molar-refractivity contribution in [3.63, 3.8) is 0 Å². The Hall–Kier alpha value is -1.61. The summed E-state index contributed by atoms with van der Waals surface area (Å²) in [5, 5.41) is 3.85. The van der Waals surface area contributed by atoms with E-state index >= 15 is 0 Å². The number of nitrogens with one attached hydrogen (secondary N) is 1. The Morgan fingerprint density at radius 2 is 2.13 bits per heavy atom. The van der Waals surface area contributed by atoms with Gasteiger partial charge in [0.05, 0.1) is 10.7 Å². The van der Waals surface area contributed by atoms with Crippen LogP contribution in [0.1, 0.15) is 5.56 Å². The molecule has 0 saturated heterocycles. The Morgan fingerprint density at radius 3 is 2.80 bits per heavy atom. The molecule has 0 amide bonds. The van der Waals surface area contributed by atoms with E-state index in [1.54, 1.807) is 12.3 Å². The van der Waals surface area contributed by atoms with Gasteiger partial charge in [-0.25, -0.2) is 9.97 Å². The Kier molecular flexibility index (Phi) is 2.83. The van der Waals surface area contributed by atoms with Gasteiger partial charge in [-0.15, -0.1) is 0 Å². The molecule has 15 heavy (non-hydrogen) atoms. The highest BCUT2D eigenvalue weighted by Crippen LogP contribution is 2.27. The molecule has 0 fully saturated rings. The van der Waals surface area contributed by atoms with Gasteiger partial charge in [0.25, 0.3) is 0 Å². The van der Waals surface area contributed by atoms with Crippen LogP contribution in [-0.2, 0) is 0 Å². The van der Waals surface area contributed by atoms with Crippen LogP contribution in [0.25, 0.3) is 0 Å². The number of nitrogens with zero attached hydrogens (tertiary/aromatic N) is 2. The van der Waals surface area contributed by atoms with Crippen molar-refractivity contribution in [2.75, 3.05) is 5.32 Å². The van der Waals surface area contributed by atoms with E-state index in [1.165, 1.54) is 6.33 Å². The highest BCUT2D eigenvalue weighted by Gasteiger charge is 2.03. The fourth-order valence-corrected chi connectivity index (χ4v) is 1.55. The van der Waals surface area contributed by atoms with E-state index in [9.17, 15) is 0 Å². The lowest BCUT2D eigenvalue weighted by molar-refractivity contribution is 1.16. The number of aryl methyl sites for hydroxylation is 1. The summed E-state index contributed by atoms with van der Waals surface area (Å²) in [4.78, 5) is 7.92. The van der Waals surface area contributed by atoms with Crippen molar-refractivity contribution in [2.45, 2.75) is 6.92 Å². The third kappa shape index (κ3) is 2.25. The molecule has 1 aromatic heterocycles. The molecule has 3 nitrogen and oxygen atoms in total. The molecule has 0 bridgehead atoms. The minimum absolute atomic E-state index is 0.689. The molecule has 0 unspecified atom stereocenters. The van der Waals surface area contributed by atoms with Crippen molar-refractivity contribution in [3.8, 4) is 0 Å². The molecule has 0 radical (unpaired) electrons. The number of aromatic nitrogens is 2. The molecule has 1 aromatic carbocycles. The maximum absolute atomic E-state index is 6.07. The van der Waals surface area contributed by atoms with E-state index in [2.05, 4.69) is 15.3 Å². The number of halogens is 1. The van der Waals surface area contributed by atoms with Crippen LogP contribution in [0.3, 0.4) is 0 Å². The predicted molar refractivity (Wildman–Crippen MR) is 61.5 cm³/mol. The minimum Gasteiger partial charge on any atom is -0.339 e. The van der Waals surface area contributed by atoms with Crippen molar-refractivity contribution in [1.82, 2.24) is 9.97 Å². The highest BCUT2D eigenvalue weighted by molar-refractivity contribution is 6.33. The molecule has 2 aromatic rings. The van der Waals surface area contributed by atoms with Crippen molar-refractivity contribution in [1.29, 1.82) is 0 Å². The lowest BCUT2D eigenvalue weighted by Gasteiger charge is -2.09. The zero-order chi connectivity index (χ0) is 10.7. The van der Waals surface area contributed by atoms with Crippen LogP contribution in [0, 0.1) is 6.92 Å². The predicted octanol–water partition coefficient (Wildman–Crippen LogP) is 3.18. The molecular weight excluding hydrogens is 210 g/mol. The number of para-hydroxylation sites is 1. The maximum atomic E-state index is 6.07. The molecule has 0 spiro atoms. The summed E-state index contributed by atoms with van der Waals surface area (Å²) in [6.07, 6.45) is 3.18. The van der Waals surface area contributed by atoms with Gasteiger partial charge in [-0.2, -0.15) is 0 Å². The number of hydrogen-bond acceptors (Lipinski definition) is 3. The molecule has 0 atom stereocenters. The van der Waals surface area contributed by atoms with Crippen molar-refractivity contribution in [2.24, 2.45) is 0 Å². The first kappa shape index (κ1) is 9.93. The van der Waals surface area contributed by atoms with Gasteiger partial charge in [0.2, 0.25) is 0 Å². The van der Waals surface area contributed by atoms with Crippen molar-refractivity contribution < 1.29 is 0 Å². The largest absolute Gasteiger partial charge is 0.339 e. The summed E-state index contributed by atoms with van der Waals surface area (Å²) in [6.45, 7) is 2.00. The molecule has 0 aliphatic rings. The normalized spacial score (nSPS) is 10.0. The first-order valence-electron chi connectivity index (χ1n) is 4.55. The van der Waals surface area contributed by atoms with Gasteiger partial charge < -0.3 is 5.32 Å². The first-order chi connectivity index (χ1) is 7.27.